The minimum atomic E-state index is -0.355. The van der Waals surface area contributed by atoms with E-state index in [0.29, 0.717) is 12.5 Å². The first-order chi connectivity index (χ1) is 6.47. The van der Waals surface area contributed by atoms with E-state index in [1.165, 1.54) is 12.8 Å². The number of rotatable bonds is 6. The van der Waals surface area contributed by atoms with E-state index >= 15 is 0 Å². The Morgan fingerprint density at radius 1 is 1.57 bits per heavy atom. The molecular formula is C10H20N2O2. The Bertz CT molecular complexity index is 195. The van der Waals surface area contributed by atoms with E-state index in [2.05, 4.69) is 5.32 Å². The normalized spacial score (nSPS) is 16.8. The largest absolute Gasteiger partial charge is 0.371 e. The smallest absolute Gasteiger partial charge is 0.246 e. The molecule has 4 heteroatoms. The highest BCUT2D eigenvalue weighted by atomic mass is 16.5. The highest BCUT2D eigenvalue weighted by molar-refractivity contribution is 5.77. The Balaban J connectivity index is 1.97. The summed E-state index contributed by atoms with van der Waals surface area (Å²) in [6.45, 7) is 5.11. The molecule has 3 N–H and O–H groups in total. The van der Waals surface area contributed by atoms with Crippen LogP contribution < -0.4 is 11.1 Å². The van der Waals surface area contributed by atoms with Crippen molar-refractivity contribution in [3.05, 3.63) is 0 Å². The van der Waals surface area contributed by atoms with Crippen molar-refractivity contribution in [2.24, 2.45) is 11.7 Å². The molecule has 1 saturated carbocycles. The average Bonchev–Trinajstić information content (AvgIpc) is 2.83. The molecule has 0 spiro atoms. The predicted octanol–water partition coefficient (Wildman–Crippen LogP) is 0.267. The minimum Gasteiger partial charge on any atom is -0.371 e. The first-order valence-electron chi connectivity index (χ1n) is 5.11. The summed E-state index contributed by atoms with van der Waals surface area (Å²) in [4.78, 5) is 11.2. The van der Waals surface area contributed by atoms with Crippen LogP contribution in [0.2, 0.25) is 0 Å². The molecule has 4 nitrogen and oxygen atoms in total. The van der Waals surface area contributed by atoms with Crippen LogP contribution in [-0.2, 0) is 9.53 Å². The lowest BCUT2D eigenvalue weighted by atomic mass is 10.1. The molecule has 1 fully saturated rings. The Kier molecular flexibility index (Phi) is 3.89. The summed E-state index contributed by atoms with van der Waals surface area (Å²) in [5, 5.41) is 2.73. The van der Waals surface area contributed by atoms with E-state index in [4.69, 9.17) is 10.5 Å². The van der Waals surface area contributed by atoms with Gasteiger partial charge < -0.3 is 15.8 Å². The summed E-state index contributed by atoms with van der Waals surface area (Å²) in [7, 11) is 0. The lowest BCUT2D eigenvalue weighted by Crippen LogP contribution is -2.46. The summed E-state index contributed by atoms with van der Waals surface area (Å²) in [6, 6.07) is 0. The molecule has 1 aliphatic carbocycles. The quantitative estimate of drug-likeness (QED) is 0.646. The molecule has 0 bridgehead atoms. The molecule has 14 heavy (non-hydrogen) atoms. The van der Waals surface area contributed by atoms with Gasteiger partial charge in [0.25, 0.3) is 0 Å². The standard InChI is InChI=1S/C10H20N2O2/c1-10(2,11)7-12-9(13)6-14-5-8-3-4-8/h8H,3-7,11H2,1-2H3,(H,12,13). The van der Waals surface area contributed by atoms with Crippen molar-refractivity contribution in [2.75, 3.05) is 19.8 Å². The van der Waals surface area contributed by atoms with Gasteiger partial charge in [0.1, 0.15) is 6.61 Å². The van der Waals surface area contributed by atoms with Crippen LogP contribution in [0.5, 0.6) is 0 Å². The van der Waals surface area contributed by atoms with Crippen LogP contribution in [0.15, 0.2) is 0 Å². The van der Waals surface area contributed by atoms with Gasteiger partial charge in [-0.1, -0.05) is 0 Å². The van der Waals surface area contributed by atoms with Gasteiger partial charge in [0.05, 0.1) is 6.61 Å². The molecule has 0 aromatic heterocycles. The Morgan fingerprint density at radius 2 is 2.21 bits per heavy atom. The van der Waals surface area contributed by atoms with Gasteiger partial charge in [-0.15, -0.1) is 0 Å². The summed E-state index contributed by atoms with van der Waals surface area (Å²) < 4.78 is 5.23. The van der Waals surface area contributed by atoms with Gasteiger partial charge in [-0.3, -0.25) is 4.79 Å². The summed E-state index contributed by atoms with van der Waals surface area (Å²) >= 11 is 0. The van der Waals surface area contributed by atoms with Gasteiger partial charge >= 0.3 is 0 Å². The molecule has 0 heterocycles. The first kappa shape index (κ1) is 11.5. The van der Waals surface area contributed by atoms with E-state index < -0.39 is 0 Å². The lowest BCUT2D eigenvalue weighted by Gasteiger charge is -2.18. The van der Waals surface area contributed by atoms with Crippen LogP contribution >= 0.6 is 0 Å². The third-order valence-electron chi connectivity index (χ3n) is 2.02. The fourth-order valence-corrected chi connectivity index (χ4v) is 0.980. The molecule has 0 unspecified atom stereocenters. The Labute approximate surface area is 85.2 Å². The van der Waals surface area contributed by atoms with Crippen molar-refractivity contribution in [3.63, 3.8) is 0 Å². The van der Waals surface area contributed by atoms with Gasteiger partial charge in [0, 0.05) is 12.1 Å². The van der Waals surface area contributed by atoms with E-state index in [1.54, 1.807) is 0 Å². The number of nitrogens with two attached hydrogens (primary N) is 1. The van der Waals surface area contributed by atoms with Crippen LogP contribution in [0.1, 0.15) is 26.7 Å². The Morgan fingerprint density at radius 3 is 2.71 bits per heavy atom. The lowest BCUT2D eigenvalue weighted by molar-refractivity contribution is -0.126. The van der Waals surface area contributed by atoms with E-state index in [-0.39, 0.29) is 18.1 Å². The molecule has 0 aliphatic heterocycles. The number of carbonyl (C=O) groups is 1. The van der Waals surface area contributed by atoms with E-state index in [9.17, 15) is 4.79 Å². The number of carbonyl (C=O) groups excluding carboxylic acids is 1. The molecule has 1 rings (SSSR count). The zero-order valence-corrected chi connectivity index (χ0v) is 9.01. The first-order valence-corrected chi connectivity index (χ1v) is 5.11. The third-order valence-corrected chi connectivity index (χ3v) is 2.02. The van der Waals surface area contributed by atoms with Crippen LogP contribution in [0.25, 0.3) is 0 Å². The number of ether oxygens (including phenoxy) is 1. The van der Waals surface area contributed by atoms with Gasteiger partial charge in [0.2, 0.25) is 5.91 Å². The van der Waals surface area contributed by atoms with Gasteiger partial charge in [0.15, 0.2) is 0 Å². The Hall–Kier alpha value is -0.610. The number of hydrogen-bond acceptors (Lipinski definition) is 3. The fourth-order valence-electron chi connectivity index (χ4n) is 0.980. The molecule has 0 aromatic rings. The fraction of sp³-hybridized carbons (Fsp3) is 0.900. The number of amides is 1. The molecule has 0 atom stereocenters. The number of hydrogen-bond donors (Lipinski definition) is 2. The summed E-state index contributed by atoms with van der Waals surface area (Å²) in [5.41, 5.74) is 5.36. The highest BCUT2D eigenvalue weighted by Crippen LogP contribution is 2.28. The SMILES string of the molecule is CC(C)(N)CNC(=O)COCC1CC1. The highest BCUT2D eigenvalue weighted by Gasteiger charge is 2.21. The van der Waals surface area contributed by atoms with Crippen molar-refractivity contribution in [3.8, 4) is 0 Å². The van der Waals surface area contributed by atoms with Crippen LogP contribution in [0.4, 0.5) is 0 Å². The molecule has 0 radical (unpaired) electrons. The number of nitrogens with one attached hydrogen (secondary N) is 1. The van der Waals surface area contributed by atoms with Gasteiger partial charge in [-0.25, -0.2) is 0 Å². The second kappa shape index (κ2) is 4.75. The maximum Gasteiger partial charge on any atom is 0.246 e. The molecular weight excluding hydrogens is 180 g/mol. The van der Waals surface area contributed by atoms with E-state index in [0.717, 1.165) is 6.61 Å². The maximum atomic E-state index is 11.2. The van der Waals surface area contributed by atoms with Crippen molar-refractivity contribution in [1.29, 1.82) is 0 Å². The molecule has 1 aliphatic rings. The average molecular weight is 200 g/mol. The predicted molar refractivity (Wildman–Crippen MR) is 54.8 cm³/mol. The second-order valence-electron chi connectivity index (χ2n) is 4.72. The second-order valence-corrected chi connectivity index (χ2v) is 4.72. The maximum absolute atomic E-state index is 11.2. The monoisotopic (exact) mass is 200 g/mol. The minimum absolute atomic E-state index is 0.0795. The van der Waals surface area contributed by atoms with Gasteiger partial charge in [-0.2, -0.15) is 0 Å². The van der Waals surface area contributed by atoms with Crippen molar-refractivity contribution >= 4 is 5.91 Å². The molecule has 0 saturated heterocycles. The van der Waals surface area contributed by atoms with Crippen molar-refractivity contribution < 1.29 is 9.53 Å². The third kappa shape index (κ3) is 5.94. The molecule has 1 amide bonds. The van der Waals surface area contributed by atoms with Crippen LogP contribution in [0.3, 0.4) is 0 Å². The summed E-state index contributed by atoms with van der Waals surface area (Å²) in [5.74, 6) is 0.623. The van der Waals surface area contributed by atoms with Crippen molar-refractivity contribution in [2.45, 2.75) is 32.2 Å². The topological polar surface area (TPSA) is 64.3 Å². The van der Waals surface area contributed by atoms with Crippen molar-refractivity contribution in [1.82, 2.24) is 5.32 Å². The zero-order valence-electron chi connectivity index (χ0n) is 9.01. The molecule has 82 valence electrons. The zero-order chi connectivity index (χ0) is 10.6. The van der Waals surface area contributed by atoms with Crippen LogP contribution in [-0.4, -0.2) is 31.2 Å². The molecule has 0 aromatic carbocycles. The summed E-state index contributed by atoms with van der Waals surface area (Å²) in [6.07, 6.45) is 2.49. The van der Waals surface area contributed by atoms with Gasteiger partial charge in [-0.05, 0) is 32.6 Å². The van der Waals surface area contributed by atoms with Crippen LogP contribution in [0, 0.1) is 5.92 Å². The van der Waals surface area contributed by atoms with E-state index in [1.807, 2.05) is 13.8 Å².